The van der Waals surface area contributed by atoms with Crippen LogP contribution in [0.15, 0.2) is 42.6 Å². The van der Waals surface area contributed by atoms with Crippen molar-refractivity contribution >= 4 is 23.3 Å². The van der Waals surface area contributed by atoms with Gasteiger partial charge in [-0.2, -0.15) is 5.26 Å². The van der Waals surface area contributed by atoms with Crippen LogP contribution >= 0.6 is 11.6 Å². The fraction of sp³-hybridized carbons (Fsp3) is 0.278. The Balaban J connectivity index is 1.54. The zero-order chi connectivity index (χ0) is 16.9. The highest BCUT2D eigenvalue weighted by Gasteiger charge is 2.29. The lowest BCUT2D eigenvalue weighted by molar-refractivity contribution is -0.127. The van der Waals surface area contributed by atoms with Crippen molar-refractivity contribution in [3.05, 3.63) is 58.7 Å². The number of likely N-dealkylation sites (tertiary alicyclic amines) is 1. The average molecular weight is 341 g/mol. The van der Waals surface area contributed by atoms with Crippen molar-refractivity contribution in [2.45, 2.75) is 18.9 Å². The molecule has 0 unspecified atom stereocenters. The molecule has 2 aromatic rings. The Hall–Kier alpha value is -2.58. The van der Waals surface area contributed by atoms with E-state index >= 15 is 0 Å². The average Bonchev–Trinajstić information content (AvgIpc) is 2.93. The number of hydrogen-bond donors (Lipinski definition) is 1. The number of aromatic nitrogens is 1. The third-order valence-electron chi connectivity index (χ3n) is 4.02. The van der Waals surface area contributed by atoms with Crippen LogP contribution in [-0.4, -0.2) is 34.9 Å². The summed E-state index contributed by atoms with van der Waals surface area (Å²) in [5.41, 5.74) is 1.65. The van der Waals surface area contributed by atoms with Gasteiger partial charge in [0, 0.05) is 30.7 Å². The number of carbonyl (C=O) groups excluding carboxylic acids is 1. The van der Waals surface area contributed by atoms with Crippen LogP contribution in [0.4, 0.5) is 5.82 Å². The topological polar surface area (TPSA) is 69.0 Å². The summed E-state index contributed by atoms with van der Waals surface area (Å²) >= 11 is 5.99. The molecule has 5 nitrogen and oxygen atoms in total. The third-order valence-corrected chi connectivity index (χ3v) is 4.25. The molecule has 1 aromatic heterocycles. The second-order valence-corrected chi connectivity index (χ2v) is 6.25. The molecule has 1 N–H and O–H groups in total. The van der Waals surface area contributed by atoms with E-state index in [4.69, 9.17) is 16.9 Å². The van der Waals surface area contributed by atoms with E-state index in [0.29, 0.717) is 35.9 Å². The maximum absolute atomic E-state index is 12.2. The number of nitrogens with one attached hydrogen (secondary N) is 1. The van der Waals surface area contributed by atoms with Gasteiger partial charge in [0.25, 0.3) is 0 Å². The van der Waals surface area contributed by atoms with E-state index in [0.717, 1.165) is 12.0 Å². The number of nitrogens with zero attached hydrogens (tertiary/aromatic N) is 3. The second kappa shape index (κ2) is 7.33. The SMILES string of the molecule is N#Cc1ccc(N[C@@H]2CC(=O)N(CCc3cccc(Cl)c3)C2)nc1. The molecule has 1 aromatic carbocycles. The molecule has 6 heteroatoms. The Labute approximate surface area is 145 Å². The molecule has 1 amide bonds. The minimum absolute atomic E-state index is 0.0392. The summed E-state index contributed by atoms with van der Waals surface area (Å²) in [6.45, 7) is 1.33. The molecule has 2 heterocycles. The van der Waals surface area contributed by atoms with Gasteiger partial charge in [0.05, 0.1) is 11.6 Å². The maximum atomic E-state index is 12.2. The number of benzene rings is 1. The first kappa shape index (κ1) is 16.3. The normalized spacial score (nSPS) is 16.9. The Morgan fingerprint density at radius 2 is 2.25 bits per heavy atom. The standard InChI is InChI=1S/C18H17ClN4O/c19-15-3-1-2-13(8-15)6-7-23-12-16(9-18(23)24)22-17-5-4-14(10-20)11-21-17/h1-5,8,11,16H,6-7,9,12H2,(H,21,22)/t16-/m1/s1. The van der Waals surface area contributed by atoms with E-state index in [1.165, 1.54) is 6.20 Å². The minimum atomic E-state index is 0.0392. The molecule has 1 aliphatic heterocycles. The van der Waals surface area contributed by atoms with Gasteiger partial charge in [-0.25, -0.2) is 4.98 Å². The van der Waals surface area contributed by atoms with Crippen molar-refractivity contribution in [1.82, 2.24) is 9.88 Å². The molecule has 1 fully saturated rings. The van der Waals surface area contributed by atoms with E-state index in [-0.39, 0.29) is 11.9 Å². The van der Waals surface area contributed by atoms with Gasteiger partial charge in [0.2, 0.25) is 5.91 Å². The van der Waals surface area contributed by atoms with Crippen molar-refractivity contribution in [3.63, 3.8) is 0 Å². The Morgan fingerprint density at radius 3 is 2.96 bits per heavy atom. The van der Waals surface area contributed by atoms with Gasteiger partial charge in [-0.3, -0.25) is 4.79 Å². The van der Waals surface area contributed by atoms with Crippen LogP contribution in [0.5, 0.6) is 0 Å². The summed E-state index contributed by atoms with van der Waals surface area (Å²) in [5.74, 6) is 0.826. The number of nitriles is 1. The number of amides is 1. The number of rotatable bonds is 5. The molecular formula is C18H17ClN4O. The van der Waals surface area contributed by atoms with E-state index in [1.54, 1.807) is 12.1 Å². The van der Waals surface area contributed by atoms with E-state index in [1.807, 2.05) is 35.2 Å². The molecule has 0 bridgehead atoms. The number of halogens is 1. The molecule has 24 heavy (non-hydrogen) atoms. The van der Waals surface area contributed by atoms with Gasteiger partial charge in [0.15, 0.2) is 0 Å². The van der Waals surface area contributed by atoms with Crippen LogP contribution in [-0.2, 0) is 11.2 Å². The zero-order valence-corrected chi connectivity index (χ0v) is 13.8. The highest BCUT2D eigenvalue weighted by atomic mass is 35.5. The number of anilines is 1. The second-order valence-electron chi connectivity index (χ2n) is 5.81. The van der Waals surface area contributed by atoms with E-state index in [2.05, 4.69) is 10.3 Å². The van der Waals surface area contributed by atoms with E-state index < -0.39 is 0 Å². The van der Waals surface area contributed by atoms with Crippen molar-refractivity contribution in [2.75, 3.05) is 18.4 Å². The summed E-state index contributed by atoms with van der Waals surface area (Å²) in [6, 6.07) is 13.3. The van der Waals surface area contributed by atoms with Crippen molar-refractivity contribution in [1.29, 1.82) is 5.26 Å². The van der Waals surface area contributed by atoms with Crippen LogP contribution in [0.25, 0.3) is 0 Å². The first-order chi connectivity index (χ1) is 11.6. The van der Waals surface area contributed by atoms with E-state index in [9.17, 15) is 4.79 Å². The van der Waals surface area contributed by atoms with Crippen LogP contribution in [0.1, 0.15) is 17.5 Å². The molecule has 0 spiro atoms. The predicted molar refractivity (Wildman–Crippen MR) is 92.7 cm³/mol. The van der Waals surface area contributed by atoms with Gasteiger partial charge < -0.3 is 10.2 Å². The summed E-state index contributed by atoms with van der Waals surface area (Å²) in [6.07, 6.45) is 2.77. The highest BCUT2D eigenvalue weighted by Crippen LogP contribution is 2.17. The smallest absolute Gasteiger partial charge is 0.224 e. The first-order valence-electron chi connectivity index (χ1n) is 7.79. The predicted octanol–water partition coefficient (Wildman–Crippen LogP) is 2.86. The lowest BCUT2D eigenvalue weighted by Gasteiger charge is -2.17. The zero-order valence-electron chi connectivity index (χ0n) is 13.1. The monoisotopic (exact) mass is 340 g/mol. The molecule has 0 radical (unpaired) electrons. The van der Waals surface area contributed by atoms with Gasteiger partial charge >= 0.3 is 0 Å². The maximum Gasteiger partial charge on any atom is 0.224 e. The van der Waals surface area contributed by atoms with Gasteiger partial charge in [-0.1, -0.05) is 23.7 Å². The molecule has 0 aliphatic carbocycles. The van der Waals surface area contributed by atoms with Crippen LogP contribution < -0.4 is 5.32 Å². The van der Waals surface area contributed by atoms with Crippen molar-refractivity contribution < 1.29 is 4.79 Å². The van der Waals surface area contributed by atoms with Crippen LogP contribution in [0.3, 0.4) is 0 Å². The molecule has 3 rings (SSSR count). The first-order valence-corrected chi connectivity index (χ1v) is 8.17. The largest absolute Gasteiger partial charge is 0.365 e. The van der Waals surface area contributed by atoms with Crippen LogP contribution in [0.2, 0.25) is 5.02 Å². The summed E-state index contributed by atoms with van der Waals surface area (Å²) in [4.78, 5) is 18.2. The molecule has 1 saturated heterocycles. The quantitative estimate of drug-likeness (QED) is 0.908. The van der Waals surface area contributed by atoms with Crippen molar-refractivity contribution in [3.8, 4) is 6.07 Å². The molecule has 1 aliphatic rings. The van der Waals surface area contributed by atoms with Crippen molar-refractivity contribution in [2.24, 2.45) is 0 Å². The number of carbonyl (C=O) groups is 1. The Bertz CT molecular complexity index is 769. The molecule has 122 valence electrons. The van der Waals surface area contributed by atoms with Gasteiger partial charge in [-0.05, 0) is 36.2 Å². The van der Waals surface area contributed by atoms with Gasteiger partial charge in [-0.15, -0.1) is 0 Å². The minimum Gasteiger partial charge on any atom is -0.365 e. The number of pyridine rings is 1. The van der Waals surface area contributed by atoms with Gasteiger partial charge in [0.1, 0.15) is 11.9 Å². The fourth-order valence-corrected chi connectivity index (χ4v) is 3.01. The molecular weight excluding hydrogens is 324 g/mol. The summed E-state index contributed by atoms with van der Waals surface area (Å²) in [7, 11) is 0. The fourth-order valence-electron chi connectivity index (χ4n) is 2.80. The third kappa shape index (κ3) is 4.03. The summed E-state index contributed by atoms with van der Waals surface area (Å²) in [5, 5.41) is 12.8. The Morgan fingerprint density at radius 1 is 1.38 bits per heavy atom. The lowest BCUT2D eigenvalue weighted by atomic mass is 10.1. The molecule has 0 saturated carbocycles. The summed E-state index contributed by atoms with van der Waals surface area (Å²) < 4.78 is 0. The number of hydrogen-bond acceptors (Lipinski definition) is 4. The lowest BCUT2D eigenvalue weighted by Crippen LogP contribution is -2.30. The molecule has 1 atom stereocenters. The highest BCUT2D eigenvalue weighted by molar-refractivity contribution is 6.30. The van der Waals surface area contributed by atoms with Crippen LogP contribution in [0, 0.1) is 11.3 Å². The Kier molecular flexibility index (Phi) is 4.97.